The van der Waals surface area contributed by atoms with E-state index in [1.807, 2.05) is 26.8 Å². The van der Waals surface area contributed by atoms with Crippen LogP contribution >= 0.6 is 23.2 Å². The van der Waals surface area contributed by atoms with E-state index in [0.717, 1.165) is 11.4 Å². The fourth-order valence-electron chi connectivity index (χ4n) is 2.78. The minimum atomic E-state index is -0.394. The van der Waals surface area contributed by atoms with Gasteiger partial charge in [0.25, 0.3) is 5.56 Å². The van der Waals surface area contributed by atoms with E-state index < -0.39 is 5.91 Å². The Bertz CT molecular complexity index is 1100. The fourth-order valence-corrected chi connectivity index (χ4v) is 3.08. The molecule has 3 aromatic rings. The lowest BCUT2D eigenvalue weighted by Gasteiger charge is -2.14. The minimum absolute atomic E-state index is 0.218. The number of anilines is 1. The summed E-state index contributed by atoms with van der Waals surface area (Å²) >= 11 is 11.9. The summed E-state index contributed by atoms with van der Waals surface area (Å²) in [7, 11) is 0. The van der Waals surface area contributed by atoms with E-state index >= 15 is 0 Å². The molecule has 1 N–H and O–H groups in total. The van der Waals surface area contributed by atoms with Gasteiger partial charge < -0.3 is 5.32 Å². The predicted octanol–water partition coefficient (Wildman–Crippen LogP) is 3.55. The van der Waals surface area contributed by atoms with Gasteiger partial charge in [-0.15, -0.1) is 0 Å². The van der Waals surface area contributed by atoms with E-state index in [2.05, 4.69) is 15.4 Å². The molecule has 2 aromatic heterocycles. The molecule has 28 heavy (non-hydrogen) atoms. The molecule has 0 atom stereocenters. The second-order valence-corrected chi connectivity index (χ2v) is 7.16. The fraction of sp³-hybridized carbons (Fsp3) is 0.263. The van der Waals surface area contributed by atoms with Gasteiger partial charge in [0.15, 0.2) is 0 Å². The van der Waals surface area contributed by atoms with Crippen LogP contribution in [0.1, 0.15) is 24.0 Å². The maximum absolute atomic E-state index is 12.7. The van der Waals surface area contributed by atoms with Crippen LogP contribution in [0.2, 0.25) is 10.0 Å². The van der Waals surface area contributed by atoms with Gasteiger partial charge in [0.2, 0.25) is 11.9 Å². The average Bonchev–Trinajstić information content (AvgIpc) is 2.97. The Morgan fingerprint density at radius 1 is 1.14 bits per heavy atom. The number of hydrogen-bond acceptors (Lipinski definition) is 4. The number of halogens is 2. The summed E-state index contributed by atoms with van der Waals surface area (Å²) in [6, 6.07) is 8.08. The molecule has 9 heteroatoms. The largest absolute Gasteiger partial charge is 0.324 e. The van der Waals surface area contributed by atoms with Crippen LogP contribution in [0, 0.1) is 13.8 Å². The van der Waals surface area contributed by atoms with Crippen LogP contribution in [0.25, 0.3) is 5.95 Å². The van der Waals surface area contributed by atoms with E-state index in [0.29, 0.717) is 33.8 Å². The number of nitrogens with one attached hydrogen (secondary N) is 1. The number of aryl methyl sites for hydroxylation is 3. The first-order valence-electron chi connectivity index (χ1n) is 8.67. The summed E-state index contributed by atoms with van der Waals surface area (Å²) in [5.41, 5.74) is 2.40. The number of hydrogen-bond donors (Lipinski definition) is 1. The van der Waals surface area contributed by atoms with Gasteiger partial charge in [0.1, 0.15) is 6.54 Å². The average molecular weight is 420 g/mol. The highest BCUT2D eigenvalue weighted by molar-refractivity contribution is 6.42. The number of aromatic nitrogens is 4. The zero-order valence-corrected chi connectivity index (χ0v) is 17.2. The molecule has 0 unspecified atom stereocenters. The number of nitrogens with zero attached hydrogens (tertiary/aromatic N) is 4. The monoisotopic (exact) mass is 419 g/mol. The van der Waals surface area contributed by atoms with Crippen molar-refractivity contribution in [3.8, 4) is 5.95 Å². The third kappa shape index (κ3) is 4.26. The van der Waals surface area contributed by atoms with Crippen LogP contribution in [0.3, 0.4) is 0 Å². The molecule has 0 saturated carbocycles. The smallest absolute Gasteiger partial charge is 0.255 e. The molecule has 146 valence electrons. The number of benzene rings is 1. The number of amides is 1. The first-order valence-corrected chi connectivity index (χ1v) is 9.43. The number of rotatable bonds is 5. The van der Waals surface area contributed by atoms with Crippen molar-refractivity contribution in [1.82, 2.24) is 19.3 Å². The van der Waals surface area contributed by atoms with Crippen LogP contribution in [-0.2, 0) is 17.8 Å². The molecule has 3 rings (SSSR count). The Morgan fingerprint density at radius 2 is 1.89 bits per heavy atom. The zero-order valence-electron chi connectivity index (χ0n) is 15.7. The van der Waals surface area contributed by atoms with Gasteiger partial charge in [-0.3, -0.25) is 14.2 Å². The predicted molar refractivity (Wildman–Crippen MR) is 110 cm³/mol. The first-order chi connectivity index (χ1) is 13.3. The molecular weight excluding hydrogens is 401 g/mol. The lowest BCUT2D eigenvalue weighted by Crippen LogP contribution is -2.32. The lowest BCUT2D eigenvalue weighted by atomic mass is 10.3. The molecule has 0 fully saturated rings. The number of carbonyl (C=O) groups excluding carboxylic acids is 1. The molecule has 7 nitrogen and oxygen atoms in total. The molecule has 0 aliphatic rings. The first kappa shape index (κ1) is 20.1. The summed E-state index contributed by atoms with van der Waals surface area (Å²) in [5, 5.41) is 7.83. The Kier molecular flexibility index (Phi) is 5.86. The summed E-state index contributed by atoms with van der Waals surface area (Å²) in [6.07, 6.45) is 0.595. The van der Waals surface area contributed by atoms with Gasteiger partial charge in [0, 0.05) is 23.1 Å². The van der Waals surface area contributed by atoms with Crippen molar-refractivity contribution in [2.45, 2.75) is 33.7 Å². The van der Waals surface area contributed by atoms with Crippen molar-refractivity contribution in [2.24, 2.45) is 0 Å². The van der Waals surface area contributed by atoms with Crippen molar-refractivity contribution in [3.05, 3.63) is 67.8 Å². The normalized spacial score (nSPS) is 10.9. The van der Waals surface area contributed by atoms with Crippen molar-refractivity contribution < 1.29 is 4.79 Å². The van der Waals surface area contributed by atoms with Gasteiger partial charge in [-0.05, 0) is 44.5 Å². The molecular formula is C19H19Cl2N5O2. The SMILES string of the molecule is CCc1cc(=O)n(CC(=O)Nc2ccc(Cl)c(Cl)c2)c(-n2nc(C)cc2C)n1. The maximum Gasteiger partial charge on any atom is 0.255 e. The minimum Gasteiger partial charge on any atom is -0.324 e. The molecule has 0 radical (unpaired) electrons. The highest BCUT2D eigenvalue weighted by atomic mass is 35.5. The molecule has 0 aliphatic heterocycles. The third-order valence-corrected chi connectivity index (χ3v) is 4.85. The Labute approximate surface area is 171 Å². The van der Waals surface area contributed by atoms with Gasteiger partial charge in [-0.25, -0.2) is 9.67 Å². The standard InChI is InChI=1S/C19H19Cl2N5O2/c1-4-13-9-18(28)25(19(23-13)26-12(3)7-11(2)24-26)10-17(27)22-14-5-6-15(20)16(21)8-14/h5-9H,4,10H2,1-3H3,(H,22,27). The zero-order chi connectivity index (χ0) is 20.4. The van der Waals surface area contributed by atoms with Crippen molar-refractivity contribution in [1.29, 1.82) is 0 Å². The van der Waals surface area contributed by atoms with Crippen LogP contribution < -0.4 is 10.9 Å². The molecule has 1 aromatic carbocycles. The third-order valence-electron chi connectivity index (χ3n) is 4.11. The van der Waals surface area contributed by atoms with E-state index in [4.69, 9.17) is 23.2 Å². The Balaban J connectivity index is 1.96. The van der Waals surface area contributed by atoms with Gasteiger partial charge in [-0.1, -0.05) is 30.1 Å². The highest BCUT2D eigenvalue weighted by Gasteiger charge is 2.16. The van der Waals surface area contributed by atoms with Crippen LogP contribution in [0.5, 0.6) is 0 Å². The van der Waals surface area contributed by atoms with Gasteiger partial charge in [-0.2, -0.15) is 5.10 Å². The van der Waals surface area contributed by atoms with Crippen LogP contribution in [0.4, 0.5) is 5.69 Å². The quantitative estimate of drug-likeness (QED) is 0.685. The second-order valence-electron chi connectivity index (χ2n) is 6.34. The number of carbonyl (C=O) groups is 1. The molecule has 0 aliphatic carbocycles. The van der Waals surface area contributed by atoms with E-state index in [9.17, 15) is 9.59 Å². The van der Waals surface area contributed by atoms with Crippen LogP contribution in [-0.4, -0.2) is 25.2 Å². The van der Waals surface area contributed by atoms with Gasteiger partial charge >= 0.3 is 0 Å². The topological polar surface area (TPSA) is 81.8 Å². The van der Waals surface area contributed by atoms with E-state index in [1.165, 1.54) is 10.6 Å². The molecule has 0 saturated heterocycles. The van der Waals surface area contributed by atoms with Crippen molar-refractivity contribution in [2.75, 3.05) is 5.32 Å². The molecule has 1 amide bonds. The summed E-state index contributed by atoms with van der Waals surface area (Å²) in [6.45, 7) is 5.41. The summed E-state index contributed by atoms with van der Waals surface area (Å²) < 4.78 is 2.87. The van der Waals surface area contributed by atoms with Crippen molar-refractivity contribution in [3.63, 3.8) is 0 Å². The van der Waals surface area contributed by atoms with Crippen LogP contribution in [0.15, 0.2) is 35.1 Å². The lowest BCUT2D eigenvalue weighted by molar-refractivity contribution is -0.116. The van der Waals surface area contributed by atoms with E-state index in [1.54, 1.807) is 22.9 Å². The molecule has 0 spiro atoms. The second kappa shape index (κ2) is 8.16. The maximum atomic E-state index is 12.7. The van der Waals surface area contributed by atoms with E-state index in [-0.39, 0.29) is 12.1 Å². The summed E-state index contributed by atoms with van der Waals surface area (Å²) in [5.74, 6) is -0.0893. The molecule has 0 bridgehead atoms. The van der Waals surface area contributed by atoms with Gasteiger partial charge in [0.05, 0.1) is 15.7 Å². The summed E-state index contributed by atoms with van der Waals surface area (Å²) in [4.78, 5) is 29.7. The highest BCUT2D eigenvalue weighted by Crippen LogP contribution is 2.25. The van der Waals surface area contributed by atoms with Crippen molar-refractivity contribution >= 4 is 34.8 Å². The Hall–Kier alpha value is -2.64. The molecule has 2 heterocycles. The Morgan fingerprint density at radius 3 is 2.50 bits per heavy atom.